The third-order valence-corrected chi connectivity index (χ3v) is 3.95. The topological polar surface area (TPSA) is 90.4 Å². The molecule has 1 unspecified atom stereocenters. The van der Waals surface area contributed by atoms with Crippen LogP contribution in [0.15, 0.2) is 53.7 Å². The summed E-state index contributed by atoms with van der Waals surface area (Å²) in [7, 11) is 0. The number of amides is 1. The van der Waals surface area contributed by atoms with Crippen LogP contribution in [0.4, 0.5) is 4.39 Å². The number of aromatic nitrogens is 2. The summed E-state index contributed by atoms with van der Waals surface area (Å²) in [6.07, 6.45) is 5.07. The quantitative estimate of drug-likeness (QED) is 0.515. The SMILES string of the molecule is C=N/C=C\C(=C/C)c1cc(C(=O)NC(c2cccc(F)c2)C(C)(C)O)[nH]n1. The molecule has 1 atom stereocenters. The van der Waals surface area contributed by atoms with Gasteiger partial charge >= 0.3 is 0 Å². The lowest BCUT2D eigenvalue weighted by Gasteiger charge is -2.30. The molecule has 0 fully saturated rings. The first-order valence-electron chi connectivity index (χ1n) is 8.39. The molecular formula is C20H23FN4O2. The molecule has 2 aromatic rings. The maximum Gasteiger partial charge on any atom is 0.269 e. The number of aromatic amines is 1. The lowest BCUT2D eigenvalue weighted by atomic mass is 9.91. The number of hydrogen-bond acceptors (Lipinski definition) is 4. The van der Waals surface area contributed by atoms with Crippen molar-refractivity contribution in [1.29, 1.82) is 0 Å². The van der Waals surface area contributed by atoms with Crippen LogP contribution in [-0.4, -0.2) is 33.5 Å². The maximum atomic E-state index is 13.6. The highest BCUT2D eigenvalue weighted by atomic mass is 19.1. The summed E-state index contributed by atoms with van der Waals surface area (Å²) in [6.45, 7) is 8.31. The van der Waals surface area contributed by atoms with E-state index in [-0.39, 0.29) is 5.69 Å². The summed E-state index contributed by atoms with van der Waals surface area (Å²) in [5.74, 6) is -0.911. The first kappa shape index (κ1) is 20.3. The predicted molar refractivity (Wildman–Crippen MR) is 104 cm³/mol. The van der Waals surface area contributed by atoms with E-state index in [0.29, 0.717) is 11.3 Å². The van der Waals surface area contributed by atoms with Crippen LogP contribution in [-0.2, 0) is 0 Å². The second-order valence-electron chi connectivity index (χ2n) is 6.52. The molecule has 0 radical (unpaired) electrons. The second kappa shape index (κ2) is 8.55. The van der Waals surface area contributed by atoms with Gasteiger partial charge in [0.25, 0.3) is 5.91 Å². The molecule has 0 spiro atoms. The summed E-state index contributed by atoms with van der Waals surface area (Å²) in [5, 5.41) is 20.0. The number of aliphatic hydroxyl groups is 1. The number of allylic oxidation sites excluding steroid dienone is 3. The van der Waals surface area contributed by atoms with Gasteiger partial charge in [-0.15, -0.1) is 0 Å². The second-order valence-corrected chi connectivity index (χ2v) is 6.52. The van der Waals surface area contributed by atoms with Crippen molar-refractivity contribution in [2.24, 2.45) is 4.99 Å². The number of hydrogen-bond donors (Lipinski definition) is 3. The summed E-state index contributed by atoms with van der Waals surface area (Å²) in [6, 6.07) is 6.55. The number of halogens is 1. The highest BCUT2D eigenvalue weighted by Crippen LogP contribution is 2.26. The van der Waals surface area contributed by atoms with Gasteiger partial charge in [-0.2, -0.15) is 5.10 Å². The van der Waals surface area contributed by atoms with E-state index in [9.17, 15) is 14.3 Å². The Morgan fingerprint density at radius 2 is 2.19 bits per heavy atom. The van der Waals surface area contributed by atoms with Gasteiger partial charge in [-0.25, -0.2) is 4.39 Å². The van der Waals surface area contributed by atoms with Crippen molar-refractivity contribution >= 4 is 18.2 Å². The molecule has 1 amide bonds. The Balaban J connectivity index is 2.26. The Bertz CT molecular complexity index is 878. The van der Waals surface area contributed by atoms with Crippen LogP contribution in [0.1, 0.15) is 48.6 Å². The summed E-state index contributed by atoms with van der Waals surface area (Å²) in [5.41, 5.74) is 0.703. The zero-order valence-corrected chi connectivity index (χ0v) is 15.5. The summed E-state index contributed by atoms with van der Waals surface area (Å²) < 4.78 is 13.6. The van der Waals surface area contributed by atoms with Gasteiger partial charge in [0.05, 0.1) is 17.3 Å². The van der Waals surface area contributed by atoms with Crippen LogP contribution in [0.5, 0.6) is 0 Å². The van der Waals surface area contributed by atoms with E-state index >= 15 is 0 Å². The Hall–Kier alpha value is -3.06. The first-order valence-corrected chi connectivity index (χ1v) is 8.39. The van der Waals surface area contributed by atoms with Gasteiger partial charge in [-0.3, -0.25) is 14.9 Å². The number of carbonyl (C=O) groups excluding carboxylic acids is 1. The standard InChI is InChI=1S/C20H23FN4O2/c1-5-13(9-10-22-4)16-12-17(25-24-16)19(26)23-18(20(2,3)27)14-7-6-8-15(21)11-14/h5-12,18,27H,4H2,1-3H3,(H,23,26)(H,24,25)/b10-9-,13-5+. The van der Waals surface area contributed by atoms with Crippen molar-refractivity contribution in [1.82, 2.24) is 15.5 Å². The molecule has 1 aromatic carbocycles. The fraction of sp³-hybridized carbons (Fsp3) is 0.250. The molecule has 0 saturated carbocycles. The minimum Gasteiger partial charge on any atom is -0.388 e. The van der Waals surface area contributed by atoms with Gasteiger partial charge < -0.3 is 10.4 Å². The first-order chi connectivity index (χ1) is 12.8. The predicted octanol–water partition coefficient (Wildman–Crippen LogP) is 3.41. The van der Waals surface area contributed by atoms with E-state index < -0.39 is 23.4 Å². The number of benzene rings is 1. The van der Waals surface area contributed by atoms with Gasteiger partial charge in [0.15, 0.2) is 0 Å². The molecule has 0 saturated heterocycles. The molecule has 0 aliphatic rings. The molecule has 3 N–H and O–H groups in total. The van der Waals surface area contributed by atoms with E-state index in [4.69, 9.17) is 0 Å². The number of carbonyl (C=O) groups is 1. The minimum absolute atomic E-state index is 0.218. The van der Waals surface area contributed by atoms with E-state index in [1.807, 2.05) is 13.0 Å². The highest BCUT2D eigenvalue weighted by Gasteiger charge is 2.31. The number of nitrogens with one attached hydrogen (secondary N) is 2. The number of H-pyrrole nitrogens is 1. The smallest absolute Gasteiger partial charge is 0.269 e. The molecule has 0 aliphatic heterocycles. The third kappa shape index (κ3) is 5.21. The molecule has 2 rings (SSSR count). The Kier molecular flexibility index (Phi) is 6.41. The van der Waals surface area contributed by atoms with Gasteiger partial charge in [-0.05, 0) is 62.9 Å². The van der Waals surface area contributed by atoms with E-state index in [1.165, 1.54) is 24.4 Å². The normalized spacial score (nSPS) is 13.6. The fourth-order valence-corrected chi connectivity index (χ4v) is 2.61. The number of aliphatic imine (C=N–C) groups is 1. The third-order valence-electron chi connectivity index (χ3n) is 3.95. The van der Waals surface area contributed by atoms with Crippen molar-refractivity contribution in [3.8, 4) is 0 Å². The van der Waals surface area contributed by atoms with Crippen LogP contribution in [0.25, 0.3) is 5.57 Å². The molecule has 0 aliphatic carbocycles. The van der Waals surface area contributed by atoms with Gasteiger partial charge in [0.2, 0.25) is 0 Å². The zero-order valence-electron chi connectivity index (χ0n) is 15.5. The minimum atomic E-state index is -1.31. The summed E-state index contributed by atoms with van der Waals surface area (Å²) in [4.78, 5) is 16.3. The molecule has 142 valence electrons. The molecule has 1 heterocycles. The fourth-order valence-electron chi connectivity index (χ4n) is 2.61. The maximum absolute atomic E-state index is 13.6. The lowest BCUT2D eigenvalue weighted by molar-refractivity contribution is 0.0342. The van der Waals surface area contributed by atoms with E-state index in [0.717, 1.165) is 5.57 Å². The van der Waals surface area contributed by atoms with Crippen LogP contribution >= 0.6 is 0 Å². The Morgan fingerprint density at radius 1 is 1.44 bits per heavy atom. The van der Waals surface area contributed by atoms with Crippen molar-refractivity contribution in [2.45, 2.75) is 32.4 Å². The van der Waals surface area contributed by atoms with E-state index in [2.05, 4.69) is 27.2 Å². The van der Waals surface area contributed by atoms with Crippen LogP contribution in [0.3, 0.4) is 0 Å². The monoisotopic (exact) mass is 370 g/mol. The molecular weight excluding hydrogens is 347 g/mol. The molecule has 27 heavy (non-hydrogen) atoms. The molecule has 0 bridgehead atoms. The van der Waals surface area contributed by atoms with Crippen molar-refractivity contribution in [3.05, 3.63) is 71.5 Å². The molecule has 6 nitrogen and oxygen atoms in total. The van der Waals surface area contributed by atoms with Crippen molar-refractivity contribution in [2.75, 3.05) is 0 Å². The highest BCUT2D eigenvalue weighted by molar-refractivity contribution is 5.93. The largest absolute Gasteiger partial charge is 0.388 e. The zero-order chi connectivity index (χ0) is 20.0. The van der Waals surface area contributed by atoms with Crippen LogP contribution in [0, 0.1) is 5.82 Å². The Morgan fingerprint density at radius 3 is 2.78 bits per heavy atom. The molecule has 7 heteroatoms. The molecule has 1 aromatic heterocycles. The summed E-state index contributed by atoms with van der Waals surface area (Å²) >= 11 is 0. The lowest BCUT2D eigenvalue weighted by Crippen LogP contribution is -2.42. The number of nitrogens with zero attached hydrogens (tertiary/aromatic N) is 2. The van der Waals surface area contributed by atoms with Crippen molar-refractivity contribution in [3.63, 3.8) is 0 Å². The van der Waals surface area contributed by atoms with Crippen LogP contribution < -0.4 is 5.32 Å². The van der Waals surface area contributed by atoms with Crippen molar-refractivity contribution < 1.29 is 14.3 Å². The van der Waals surface area contributed by atoms with Crippen LogP contribution in [0.2, 0.25) is 0 Å². The average Bonchev–Trinajstić information content (AvgIpc) is 3.09. The Labute approximate surface area is 157 Å². The average molecular weight is 370 g/mol. The van der Waals surface area contributed by atoms with E-state index in [1.54, 1.807) is 32.1 Å². The van der Waals surface area contributed by atoms with Gasteiger partial charge in [0, 0.05) is 6.20 Å². The number of rotatable bonds is 7. The van der Waals surface area contributed by atoms with Gasteiger partial charge in [-0.1, -0.05) is 18.2 Å². The van der Waals surface area contributed by atoms with Gasteiger partial charge in [0.1, 0.15) is 11.5 Å².